The topological polar surface area (TPSA) is 53.5 Å². The van der Waals surface area contributed by atoms with Crippen molar-refractivity contribution in [2.75, 3.05) is 26.4 Å². The van der Waals surface area contributed by atoms with E-state index in [0.29, 0.717) is 24.8 Å². The summed E-state index contributed by atoms with van der Waals surface area (Å²) in [6.07, 6.45) is 25.4. The second kappa shape index (κ2) is 21.7. The Labute approximate surface area is 226 Å². The molecule has 5 nitrogen and oxygen atoms in total. The second-order valence-electron chi connectivity index (χ2n) is 9.69. The van der Waals surface area contributed by atoms with Gasteiger partial charge in [0.25, 0.3) is 0 Å². The number of hydrogen-bond donors (Lipinski definition) is 0. The molecular weight excluding hydrogens is 460 g/mol. The number of hydrogen-bond acceptors (Lipinski definition) is 5. The molecule has 0 fully saturated rings. The fraction of sp³-hybridized carbons (Fsp3) is 0.625. The highest BCUT2D eigenvalue weighted by molar-refractivity contribution is 5.56. The zero-order valence-electron chi connectivity index (χ0n) is 23.5. The second-order valence-corrected chi connectivity index (χ2v) is 9.69. The van der Waals surface area contributed by atoms with E-state index < -0.39 is 0 Å². The first-order valence-electron chi connectivity index (χ1n) is 14.7. The summed E-state index contributed by atoms with van der Waals surface area (Å²) in [5.41, 5.74) is 0.963. The smallest absolute Gasteiger partial charge is 0.159 e. The van der Waals surface area contributed by atoms with Crippen LogP contribution >= 0.6 is 0 Å². The van der Waals surface area contributed by atoms with Gasteiger partial charge in [-0.3, -0.25) is 0 Å². The van der Waals surface area contributed by atoms with Gasteiger partial charge in [0, 0.05) is 18.8 Å². The van der Waals surface area contributed by atoms with Crippen molar-refractivity contribution in [1.29, 1.82) is 0 Å². The van der Waals surface area contributed by atoms with Crippen molar-refractivity contribution in [1.82, 2.24) is 9.97 Å². The molecule has 0 N–H and O–H groups in total. The summed E-state index contributed by atoms with van der Waals surface area (Å²) in [7, 11) is 0. The van der Waals surface area contributed by atoms with Crippen LogP contribution in [-0.2, 0) is 4.74 Å². The van der Waals surface area contributed by atoms with Crippen molar-refractivity contribution in [3.63, 3.8) is 0 Å². The van der Waals surface area contributed by atoms with Crippen LogP contribution in [0.3, 0.4) is 0 Å². The number of rotatable bonds is 23. The molecule has 37 heavy (non-hydrogen) atoms. The standard InChI is InChI=1S/C32H50N2O3/c1-3-5-7-9-10-11-12-13-14-16-25-37-31-27-33-32(34-28-31)29-19-21-30(22-20-29)36-26-18-17-24-35-23-15-8-6-4-2/h14,16,19-22,27-28H,3-13,15,17-18,23-26H2,1-2H3/b16-14+. The molecule has 0 atom stereocenters. The Morgan fingerprint density at radius 3 is 1.89 bits per heavy atom. The predicted molar refractivity (Wildman–Crippen MR) is 154 cm³/mol. The molecule has 5 heteroatoms. The van der Waals surface area contributed by atoms with E-state index in [1.165, 1.54) is 70.6 Å². The highest BCUT2D eigenvalue weighted by Gasteiger charge is 2.03. The summed E-state index contributed by atoms with van der Waals surface area (Å²) < 4.78 is 17.3. The molecule has 0 aliphatic heterocycles. The Bertz CT molecular complexity index is 806. The maximum absolute atomic E-state index is 5.86. The van der Waals surface area contributed by atoms with E-state index in [9.17, 15) is 0 Å². The van der Waals surface area contributed by atoms with Gasteiger partial charge in [0.2, 0.25) is 0 Å². The molecule has 2 rings (SSSR count). The molecule has 0 spiro atoms. The molecule has 1 aromatic carbocycles. The maximum Gasteiger partial charge on any atom is 0.159 e. The summed E-state index contributed by atoms with van der Waals surface area (Å²) >= 11 is 0. The third kappa shape index (κ3) is 15.5. The van der Waals surface area contributed by atoms with Crippen LogP contribution in [0.2, 0.25) is 0 Å². The van der Waals surface area contributed by atoms with Crippen LogP contribution in [0.25, 0.3) is 11.4 Å². The van der Waals surface area contributed by atoms with Gasteiger partial charge >= 0.3 is 0 Å². The Balaban J connectivity index is 1.55. The third-order valence-corrected chi connectivity index (χ3v) is 6.32. The van der Waals surface area contributed by atoms with E-state index in [0.717, 1.165) is 43.8 Å². The number of ether oxygens (including phenoxy) is 3. The molecule has 0 radical (unpaired) electrons. The van der Waals surface area contributed by atoms with Crippen molar-refractivity contribution in [3.05, 3.63) is 48.8 Å². The fourth-order valence-corrected chi connectivity index (χ4v) is 4.02. The van der Waals surface area contributed by atoms with Crippen molar-refractivity contribution in [3.8, 4) is 22.9 Å². The minimum absolute atomic E-state index is 0.552. The van der Waals surface area contributed by atoms with Crippen molar-refractivity contribution in [2.24, 2.45) is 0 Å². The fourth-order valence-electron chi connectivity index (χ4n) is 4.02. The lowest BCUT2D eigenvalue weighted by Crippen LogP contribution is -2.02. The number of allylic oxidation sites excluding steroid dienone is 1. The van der Waals surface area contributed by atoms with E-state index in [1.807, 2.05) is 24.3 Å². The monoisotopic (exact) mass is 510 g/mol. The third-order valence-electron chi connectivity index (χ3n) is 6.32. The minimum atomic E-state index is 0.552. The van der Waals surface area contributed by atoms with Gasteiger partial charge in [-0.05, 0) is 56.4 Å². The largest absolute Gasteiger partial charge is 0.494 e. The summed E-state index contributed by atoms with van der Waals surface area (Å²) in [6, 6.07) is 7.95. The lowest BCUT2D eigenvalue weighted by atomic mass is 10.1. The molecule has 0 aliphatic carbocycles. The molecule has 0 amide bonds. The number of aromatic nitrogens is 2. The zero-order chi connectivity index (χ0) is 26.2. The molecule has 2 aromatic rings. The lowest BCUT2D eigenvalue weighted by Gasteiger charge is -2.08. The highest BCUT2D eigenvalue weighted by atomic mass is 16.5. The number of nitrogens with zero attached hydrogens (tertiary/aromatic N) is 2. The summed E-state index contributed by atoms with van der Waals surface area (Å²) in [6.45, 7) is 7.45. The van der Waals surface area contributed by atoms with Crippen LogP contribution in [0, 0.1) is 0 Å². The van der Waals surface area contributed by atoms with Gasteiger partial charge in [-0.15, -0.1) is 0 Å². The summed E-state index contributed by atoms with van der Waals surface area (Å²) in [5.74, 6) is 2.24. The maximum atomic E-state index is 5.86. The molecular formula is C32H50N2O3. The molecule has 1 aromatic heterocycles. The van der Waals surface area contributed by atoms with Gasteiger partial charge < -0.3 is 14.2 Å². The van der Waals surface area contributed by atoms with Crippen molar-refractivity contribution in [2.45, 2.75) is 104 Å². The number of benzene rings is 1. The molecule has 0 unspecified atom stereocenters. The highest BCUT2D eigenvalue weighted by Crippen LogP contribution is 2.20. The van der Waals surface area contributed by atoms with Crippen molar-refractivity contribution >= 4 is 0 Å². The molecule has 0 saturated heterocycles. The molecule has 0 aliphatic rings. The normalized spacial score (nSPS) is 11.3. The first kappa shape index (κ1) is 30.8. The Morgan fingerprint density at radius 2 is 1.19 bits per heavy atom. The van der Waals surface area contributed by atoms with Gasteiger partial charge in [-0.1, -0.05) is 83.8 Å². The Morgan fingerprint density at radius 1 is 0.595 bits per heavy atom. The van der Waals surface area contributed by atoms with Gasteiger partial charge in [0.1, 0.15) is 12.4 Å². The van der Waals surface area contributed by atoms with E-state index in [1.54, 1.807) is 12.4 Å². The van der Waals surface area contributed by atoms with E-state index >= 15 is 0 Å². The minimum Gasteiger partial charge on any atom is -0.494 e. The number of unbranched alkanes of at least 4 members (excludes halogenated alkanes) is 11. The van der Waals surface area contributed by atoms with E-state index in [4.69, 9.17) is 14.2 Å². The van der Waals surface area contributed by atoms with Crippen LogP contribution in [0.4, 0.5) is 0 Å². The average molecular weight is 511 g/mol. The van der Waals surface area contributed by atoms with Crippen LogP contribution < -0.4 is 9.47 Å². The molecule has 0 bridgehead atoms. The molecule has 0 saturated carbocycles. The van der Waals surface area contributed by atoms with E-state index in [2.05, 4.69) is 36.0 Å². The van der Waals surface area contributed by atoms with Gasteiger partial charge in [-0.25, -0.2) is 9.97 Å². The van der Waals surface area contributed by atoms with Crippen LogP contribution in [-0.4, -0.2) is 36.4 Å². The van der Waals surface area contributed by atoms with Crippen LogP contribution in [0.1, 0.15) is 104 Å². The van der Waals surface area contributed by atoms with Gasteiger partial charge in [0.15, 0.2) is 11.6 Å². The Hall–Kier alpha value is -2.40. The quantitative estimate of drug-likeness (QED) is 0.110. The van der Waals surface area contributed by atoms with Crippen LogP contribution in [0.5, 0.6) is 11.5 Å². The molecule has 206 valence electrons. The van der Waals surface area contributed by atoms with Crippen LogP contribution in [0.15, 0.2) is 48.8 Å². The van der Waals surface area contributed by atoms with Crippen molar-refractivity contribution < 1.29 is 14.2 Å². The first-order valence-corrected chi connectivity index (χ1v) is 14.7. The molecule has 1 heterocycles. The van der Waals surface area contributed by atoms with Gasteiger partial charge in [0.05, 0.1) is 19.0 Å². The zero-order valence-corrected chi connectivity index (χ0v) is 23.5. The first-order chi connectivity index (χ1) is 18.3. The Kier molecular flexibility index (Phi) is 18.0. The summed E-state index contributed by atoms with van der Waals surface area (Å²) in [5, 5.41) is 0. The SMILES string of the molecule is CCCCCCCCC/C=C/COc1cnc(-c2ccc(OCCCCOCCCCCC)cc2)nc1. The van der Waals surface area contributed by atoms with Gasteiger partial charge in [-0.2, -0.15) is 0 Å². The predicted octanol–water partition coefficient (Wildman–Crippen LogP) is 8.98. The summed E-state index contributed by atoms with van der Waals surface area (Å²) in [4.78, 5) is 8.92. The van der Waals surface area contributed by atoms with E-state index in [-0.39, 0.29) is 0 Å². The average Bonchev–Trinajstić information content (AvgIpc) is 2.93. The lowest BCUT2D eigenvalue weighted by molar-refractivity contribution is 0.122.